The summed E-state index contributed by atoms with van der Waals surface area (Å²) in [7, 11) is 2.95. The number of nitrogens with zero attached hydrogens (tertiary/aromatic N) is 1. The number of aromatic nitrogens is 1. The van der Waals surface area contributed by atoms with Gasteiger partial charge in [-0.3, -0.25) is 0 Å². The van der Waals surface area contributed by atoms with Crippen molar-refractivity contribution in [2.45, 2.75) is 18.5 Å². The van der Waals surface area contributed by atoms with Gasteiger partial charge in [0.1, 0.15) is 6.16 Å². The van der Waals surface area contributed by atoms with Gasteiger partial charge in [0.15, 0.2) is 0 Å². The van der Waals surface area contributed by atoms with Crippen molar-refractivity contribution in [1.82, 2.24) is 9.88 Å². The molecule has 1 aliphatic heterocycles. The summed E-state index contributed by atoms with van der Waals surface area (Å²) in [5.41, 5.74) is 4.27. The van der Waals surface area contributed by atoms with Gasteiger partial charge in [0.2, 0.25) is 0 Å². The number of hydrogen-bond acceptors (Lipinski definition) is 1. The highest BCUT2D eigenvalue weighted by atomic mass is 31.1. The van der Waals surface area contributed by atoms with Crippen LogP contribution in [0.25, 0.3) is 10.9 Å². The summed E-state index contributed by atoms with van der Waals surface area (Å²) < 4.78 is 0. The summed E-state index contributed by atoms with van der Waals surface area (Å²) in [4.78, 5) is 5.87. The van der Waals surface area contributed by atoms with Crippen molar-refractivity contribution < 1.29 is 0 Å². The van der Waals surface area contributed by atoms with E-state index in [4.69, 9.17) is 0 Å². The average Bonchev–Trinajstić information content (AvgIpc) is 2.96. The number of hydrogen-bond donors (Lipinski definition) is 1. The van der Waals surface area contributed by atoms with Crippen LogP contribution >= 0.6 is 8.20 Å². The highest BCUT2D eigenvalue weighted by Gasteiger charge is 2.24. The smallest absolute Gasteiger partial charge is 0.129 e. The largest absolute Gasteiger partial charge is 0.361 e. The third-order valence-electron chi connectivity index (χ3n) is 3.97. The Morgan fingerprint density at radius 2 is 2.39 bits per heavy atom. The molecule has 3 rings (SSSR count). The van der Waals surface area contributed by atoms with Gasteiger partial charge in [-0.05, 0) is 37.6 Å². The lowest BCUT2D eigenvalue weighted by molar-refractivity contribution is 0.412. The maximum absolute atomic E-state index is 4.02. The number of rotatable bonds is 3. The molecule has 1 saturated heterocycles. The normalized spacial score (nSPS) is 21.1. The van der Waals surface area contributed by atoms with Crippen LogP contribution in [0.3, 0.4) is 0 Å². The first-order valence-corrected chi connectivity index (χ1v) is 7.98. The van der Waals surface area contributed by atoms with E-state index in [1.165, 1.54) is 41.5 Å². The molecule has 2 atom stereocenters. The van der Waals surface area contributed by atoms with Crippen molar-refractivity contribution in [2.24, 2.45) is 0 Å². The number of aromatic amines is 1. The molecule has 0 spiro atoms. The van der Waals surface area contributed by atoms with Crippen LogP contribution < -0.4 is 0 Å². The number of likely N-dealkylation sites (tertiary alicyclic amines) is 1. The average molecular weight is 259 g/mol. The van der Waals surface area contributed by atoms with E-state index in [2.05, 4.69) is 47.6 Å². The zero-order valence-electron chi connectivity index (χ0n) is 10.9. The second kappa shape index (κ2) is 4.87. The zero-order chi connectivity index (χ0) is 12.5. The Balaban J connectivity index is 2.09. The Kier molecular flexibility index (Phi) is 3.23. The van der Waals surface area contributed by atoms with Crippen molar-refractivity contribution in [3.8, 4) is 0 Å². The Morgan fingerprint density at radius 1 is 1.50 bits per heavy atom. The molecule has 1 unspecified atom stereocenters. The van der Waals surface area contributed by atoms with Crippen LogP contribution in [0.2, 0.25) is 0 Å². The summed E-state index contributed by atoms with van der Waals surface area (Å²) >= 11 is 0. The number of fused-ring (bicyclic) bond motifs is 1. The van der Waals surface area contributed by atoms with Crippen molar-refractivity contribution in [3.63, 3.8) is 0 Å². The Labute approximate surface area is 110 Å². The van der Waals surface area contributed by atoms with E-state index in [0.29, 0.717) is 5.92 Å². The molecule has 2 aromatic rings. The fraction of sp³-hybridized carbons (Fsp3) is 0.400. The highest BCUT2D eigenvalue weighted by Crippen LogP contribution is 2.34. The highest BCUT2D eigenvalue weighted by molar-refractivity contribution is 7.35. The van der Waals surface area contributed by atoms with E-state index < -0.39 is 0 Å². The topological polar surface area (TPSA) is 19.0 Å². The summed E-state index contributed by atoms with van der Waals surface area (Å²) in [6.07, 6.45) is 8.63. The van der Waals surface area contributed by atoms with Gasteiger partial charge < -0.3 is 9.88 Å². The molecule has 2 nitrogen and oxygen atoms in total. The maximum Gasteiger partial charge on any atom is 0.129 e. The monoisotopic (exact) mass is 259 g/mol. The minimum Gasteiger partial charge on any atom is -0.361 e. The molecular weight excluding hydrogens is 239 g/mol. The van der Waals surface area contributed by atoms with Gasteiger partial charge in [0.05, 0.1) is 14.5 Å². The summed E-state index contributed by atoms with van der Waals surface area (Å²) in [5.74, 6) is 0.693. The predicted molar refractivity (Wildman–Crippen MR) is 82.3 cm³/mol. The van der Waals surface area contributed by atoms with E-state index in [0.717, 1.165) is 14.4 Å². The Bertz CT molecular complexity index is 573. The molecule has 1 aromatic heterocycles. The third kappa shape index (κ3) is 2.00. The SMILES string of the molecule is C=[PH+]Cc1cccc2[nH]cc([C@H]3CCN(C)C3)c12. The molecule has 1 aliphatic rings. The molecule has 1 aromatic carbocycles. The molecule has 94 valence electrons. The standard InChI is InChI=1S/C15H19N2P/c1-17-7-6-11(9-17)13-8-16-14-5-3-4-12(10-18-2)15(13)14/h3-5,8,11,16H,2,6-7,9-10H2,1H3/p+1/t11-/m0/s1. The van der Waals surface area contributed by atoms with Gasteiger partial charge in [0.25, 0.3) is 0 Å². The molecule has 0 amide bonds. The second-order valence-electron chi connectivity index (χ2n) is 5.26. The fourth-order valence-electron chi connectivity index (χ4n) is 3.08. The molecular formula is C15H20N2P+. The zero-order valence-corrected chi connectivity index (χ0v) is 11.9. The van der Waals surface area contributed by atoms with Gasteiger partial charge in [0, 0.05) is 29.2 Å². The first-order valence-electron chi connectivity index (χ1n) is 6.57. The minimum atomic E-state index is 0.693. The summed E-state index contributed by atoms with van der Waals surface area (Å²) in [5, 5.41) is 1.47. The number of H-pyrrole nitrogens is 1. The quantitative estimate of drug-likeness (QED) is 0.839. The van der Waals surface area contributed by atoms with Crippen molar-refractivity contribution in [1.29, 1.82) is 0 Å². The van der Waals surface area contributed by atoms with Crippen molar-refractivity contribution >= 4 is 25.4 Å². The van der Waals surface area contributed by atoms with Crippen LogP contribution in [0.4, 0.5) is 0 Å². The molecule has 18 heavy (non-hydrogen) atoms. The molecule has 0 saturated carbocycles. The van der Waals surface area contributed by atoms with Crippen LogP contribution in [0.1, 0.15) is 23.5 Å². The lowest BCUT2D eigenvalue weighted by atomic mass is 9.95. The van der Waals surface area contributed by atoms with Crippen LogP contribution in [0, 0.1) is 0 Å². The van der Waals surface area contributed by atoms with E-state index in [-0.39, 0.29) is 0 Å². The fourth-order valence-corrected chi connectivity index (χ4v) is 3.65. The van der Waals surface area contributed by atoms with Gasteiger partial charge in [-0.25, -0.2) is 0 Å². The van der Waals surface area contributed by atoms with Gasteiger partial charge in [-0.2, -0.15) is 0 Å². The van der Waals surface area contributed by atoms with Gasteiger partial charge >= 0.3 is 0 Å². The third-order valence-corrected chi connectivity index (χ3v) is 4.60. The molecule has 1 N–H and O–H groups in total. The van der Waals surface area contributed by atoms with Gasteiger partial charge in [-0.15, -0.1) is 0 Å². The summed E-state index contributed by atoms with van der Waals surface area (Å²) in [6, 6.07) is 6.60. The van der Waals surface area contributed by atoms with E-state index in [1.54, 1.807) is 0 Å². The van der Waals surface area contributed by atoms with E-state index in [1.807, 2.05) is 0 Å². The molecule has 0 bridgehead atoms. The molecule has 0 aliphatic carbocycles. The lowest BCUT2D eigenvalue weighted by Crippen LogP contribution is -2.13. The Hall–Kier alpha value is -1.11. The lowest BCUT2D eigenvalue weighted by Gasteiger charge is -2.10. The number of nitrogens with one attached hydrogen (secondary N) is 1. The molecule has 3 heteroatoms. The van der Waals surface area contributed by atoms with Crippen molar-refractivity contribution in [2.75, 3.05) is 20.1 Å². The van der Waals surface area contributed by atoms with Crippen LogP contribution in [-0.4, -0.2) is 36.3 Å². The first-order chi connectivity index (χ1) is 8.79. The molecule has 0 radical (unpaired) electrons. The van der Waals surface area contributed by atoms with Crippen LogP contribution in [0.5, 0.6) is 0 Å². The minimum absolute atomic E-state index is 0.693. The second-order valence-corrected chi connectivity index (χ2v) is 6.11. The van der Waals surface area contributed by atoms with E-state index in [9.17, 15) is 0 Å². The van der Waals surface area contributed by atoms with Crippen LogP contribution in [-0.2, 0) is 6.16 Å². The summed E-state index contributed by atoms with van der Waals surface area (Å²) in [6.45, 7) is 2.41. The molecule has 2 heterocycles. The Morgan fingerprint density at radius 3 is 3.11 bits per heavy atom. The molecule has 1 fully saturated rings. The number of likely N-dealkylation sites (N-methyl/N-ethyl adjacent to an activating group) is 1. The van der Waals surface area contributed by atoms with Crippen molar-refractivity contribution in [3.05, 3.63) is 35.5 Å². The maximum atomic E-state index is 4.02. The number of benzene rings is 1. The first kappa shape index (κ1) is 12.0. The van der Waals surface area contributed by atoms with Crippen LogP contribution in [0.15, 0.2) is 24.4 Å². The predicted octanol–water partition coefficient (Wildman–Crippen LogP) is 3.20. The van der Waals surface area contributed by atoms with E-state index >= 15 is 0 Å². The van der Waals surface area contributed by atoms with Gasteiger partial charge in [-0.1, -0.05) is 12.1 Å².